The molecule has 0 aliphatic carbocycles. The number of nitrogens with one attached hydrogen (secondary N) is 1. The van der Waals surface area contributed by atoms with Crippen LogP contribution in [0.2, 0.25) is 0 Å². The summed E-state index contributed by atoms with van der Waals surface area (Å²) >= 11 is 0. The maximum absolute atomic E-state index is 12.4. The maximum atomic E-state index is 12.4. The first-order chi connectivity index (χ1) is 11.5. The highest BCUT2D eigenvalue weighted by atomic mass is 16.2. The summed E-state index contributed by atoms with van der Waals surface area (Å²) in [6.45, 7) is 3.86. The Morgan fingerprint density at radius 3 is 2.42 bits per heavy atom. The molecule has 2 aromatic rings. The van der Waals surface area contributed by atoms with Gasteiger partial charge in [-0.15, -0.1) is 6.58 Å². The van der Waals surface area contributed by atoms with E-state index < -0.39 is 23.8 Å². The lowest BCUT2D eigenvalue weighted by Crippen LogP contribution is -2.57. The minimum Gasteiger partial charge on any atom is -0.361 e. The van der Waals surface area contributed by atoms with Crippen LogP contribution >= 0.6 is 0 Å². The molecule has 1 saturated heterocycles. The number of amides is 4. The minimum absolute atomic E-state index is 0.172. The summed E-state index contributed by atoms with van der Waals surface area (Å²) in [5.41, 5.74) is 1.98. The standard InChI is InChI=1S/C18H19N3O3/c1-4-11(14-10-19-15-8-6-5-7-12(14)15)9-13-16(22)20(2)18(24)21(3)17(13)23/h4-8,10-11,13,19H,1,9H2,2-3H3. The van der Waals surface area contributed by atoms with E-state index in [1.165, 1.54) is 14.1 Å². The van der Waals surface area contributed by atoms with E-state index in [-0.39, 0.29) is 12.3 Å². The Morgan fingerprint density at radius 2 is 1.79 bits per heavy atom. The summed E-state index contributed by atoms with van der Waals surface area (Å²) in [6.07, 6.45) is 3.91. The average Bonchev–Trinajstić information content (AvgIpc) is 3.03. The number of allylic oxidation sites excluding steroid dienone is 1. The van der Waals surface area contributed by atoms with Gasteiger partial charge in [-0.25, -0.2) is 4.79 Å². The van der Waals surface area contributed by atoms with E-state index >= 15 is 0 Å². The molecule has 0 bridgehead atoms. The third kappa shape index (κ3) is 2.40. The molecule has 1 atom stereocenters. The van der Waals surface area contributed by atoms with Crippen LogP contribution in [-0.4, -0.2) is 46.7 Å². The highest BCUT2D eigenvalue weighted by Crippen LogP contribution is 2.33. The predicted molar refractivity (Wildman–Crippen MR) is 90.3 cm³/mol. The highest BCUT2D eigenvalue weighted by Gasteiger charge is 2.43. The van der Waals surface area contributed by atoms with E-state index in [0.717, 1.165) is 26.3 Å². The average molecular weight is 325 g/mol. The van der Waals surface area contributed by atoms with Crippen molar-refractivity contribution in [2.45, 2.75) is 12.3 Å². The van der Waals surface area contributed by atoms with Crippen LogP contribution in [0.1, 0.15) is 17.9 Å². The molecule has 1 aliphatic heterocycles. The zero-order chi connectivity index (χ0) is 17.4. The third-order valence-corrected chi connectivity index (χ3v) is 4.63. The van der Waals surface area contributed by atoms with Crippen molar-refractivity contribution in [1.29, 1.82) is 0 Å². The molecular formula is C18H19N3O3. The second-order valence-electron chi connectivity index (χ2n) is 6.00. The van der Waals surface area contributed by atoms with Gasteiger partial charge in [-0.05, 0) is 18.1 Å². The van der Waals surface area contributed by atoms with Gasteiger partial charge in [-0.3, -0.25) is 19.4 Å². The monoisotopic (exact) mass is 325 g/mol. The molecule has 2 heterocycles. The second-order valence-corrected chi connectivity index (χ2v) is 6.00. The lowest BCUT2D eigenvalue weighted by atomic mass is 9.86. The first kappa shape index (κ1) is 16.0. The van der Waals surface area contributed by atoms with Crippen LogP contribution in [0.25, 0.3) is 10.9 Å². The van der Waals surface area contributed by atoms with Crippen molar-refractivity contribution in [3.8, 4) is 0 Å². The number of fused-ring (bicyclic) bond motifs is 1. The van der Waals surface area contributed by atoms with Gasteiger partial charge < -0.3 is 4.98 Å². The summed E-state index contributed by atoms with van der Waals surface area (Å²) in [4.78, 5) is 41.8. The van der Waals surface area contributed by atoms with Crippen molar-refractivity contribution < 1.29 is 14.4 Å². The third-order valence-electron chi connectivity index (χ3n) is 4.63. The molecule has 1 aliphatic rings. The van der Waals surface area contributed by atoms with E-state index in [1.807, 2.05) is 30.5 Å². The Hall–Kier alpha value is -2.89. The summed E-state index contributed by atoms with van der Waals surface area (Å²) in [6, 6.07) is 7.25. The van der Waals surface area contributed by atoms with Gasteiger partial charge >= 0.3 is 6.03 Å². The van der Waals surface area contributed by atoms with E-state index in [4.69, 9.17) is 0 Å². The maximum Gasteiger partial charge on any atom is 0.332 e. The van der Waals surface area contributed by atoms with Crippen molar-refractivity contribution in [3.63, 3.8) is 0 Å². The molecule has 1 aromatic heterocycles. The lowest BCUT2D eigenvalue weighted by molar-refractivity contribution is -0.147. The van der Waals surface area contributed by atoms with Crippen molar-refractivity contribution in [1.82, 2.24) is 14.8 Å². The van der Waals surface area contributed by atoms with E-state index in [0.29, 0.717) is 0 Å². The number of para-hydroxylation sites is 1. The second kappa shape index (κ2) is 5.96. The fourth-order valence-corrected chi connectivity index (χ4v) is 3.19. The van der Waals surface area contributed by atoms with Crippen LogP contribution in [0.4, 0.5) is 4.79 Å². The molecule has 1 N–H and O–H groups in total. The smallest absolute Gasteiger partial charge is 0.332 e. The molecule has 1 fully saturated rings. The molecule has 1 unspecified atom stereocenters. The van der Waals surface area contributed by atoms with Crippen LogP contribution in [0.15, 0.2) is 43.1 Å². The number of carbonyl (C=O) groups excluding carboxylic acids is 3. The number of carbonyl (C=O) groups is 3. The number of aromatic amines is 1. The van der Waals surface area contributed by atoms with Gasteiger partial charge in [0.05, 0.1) is 0 Å². The quantitative estimate of drug-likeness (QED) is 0.693. The largest absolute Gasteiger partial charge is 0.361 e. The number of nitrogens with zero attached hydrogens (tertiary/aromatic N) is 2. The molecule has 24 heavy (non-hydrogen) atoms. The fourth-order valence-electron chi connectivity index (χ4n) is 3.19. The Bertz CT molecular complexity index is 815. The number of hydrogen-bond donors (Lipinski definition) is 1. The van der Waals surface area contributed by atoms with Gasteiger partial charge in [0.25, 0.3) is 0 Å². The van der Waals surface area contributed by atoms with Crippen molar-refractivity contribution in [2.24, 2.45) is 5.92 Å². The Balaban J connectivity index is 1.93. The van der Waals surface area contributed by atoms with E-state index in [9.17, 15) is 14.4 Å². The minimum atomic E-state index is -0.880. The molecular weight excluding hydrogens is 306 g/mol. The van der Waals surface area contributed by atoms with Crippen LogP contribution < -0.4 is 0 Å². The summed E-state index contributed by atoms with van der Waals surface area (Å²) < 4.78 is 0. The van der Waals surface area contributed by atoms with Crippen molar-refractivity contribution >= 4 is 28.7 Å². The van der Waals surface area contributed by atoms with Crippen molar-refractivity contribution in [3.05, 3.63) is 48.7 Å². The van der Waals surface area contributed by atoms with E-state index in [1.54, 1.807) is 6.08 Å². The van der Waals surface area contributed by atoms with Gasteiger partial charge in [-0.2, -0.15) is 0 Å². The SMILES string of the molecule is C=CC(CC1C(=O)N(C)C(=O)N(C)C1=O)c1c[nH]c2ccccc12. The first-order valence-corrected chi connectivity index (χ1v) is 7.73. The van der Waals surface area contributed by atoms with Gasteiger partial charge in [0.2, 0.25) is 11.8 Å². The number of aromatic nitrogens is 1. The Labute approximate surface area is 139 Å². The number of rotatable bonds is 4. The van der Waals surface area contributed by atoms with Crippen molar-refractivity contribution in [2.75, 3.05) is 14.1 Å². The molecule has 6 heteroatoms. The molecule has 3 rings (SSSR count). The van der Waals surface area contributed by atoms with Gasteiger partial charge in [0, 0.05) is 37.1 Å². The van der Waals surface area contributed by atoms with Gasteiger partial charge in [0.15, 0.2) is 0 Å². The molecule has 124 valence electrons. The first-order valence-electron chi connectivity index (χ1n) is 7.73. The zero-order valence-corrected chi connectivity index (χ0v) is 13.7. The predicted octanol–water partition coefficient (Wildman–Crippen LogP) is 2.49. The topological polar surface area (TPSA) is 73.5 Å². The number of benzene rings is 1. The molecule has 0 spiro atoms. The number of H-pyrrole nitrogens is 1. The molecule has 0 radical (unpaired) electrons. The number of hydrogen-bond acceptors (Lipinski definition) is 3. The van der Waals surface area contributed by atoms with E-state index in [2.05, 4.69) is 11.6 Å². The Morgan fingerprint density at radius 1 is 1.17 bits per heavy atom. The normalized spacial score (nSPS) is 17.7. The Kier molecular flexibility index (Phi) is 3.97. The van der Waals surface area contributed by atoms with Gasteiger partial charge in [-0.1, -0.05) is 24.3 Å². The number of imide groups is 2. The molecule has 4 amide bonds. The van der Waals surface area contributed by atoms with Crippen LogP contribution in [-0.2, 0) is 9.59 Å². The summed E-state index contributed by atoms with van der Waals surface area (Å²) in [5, 5.41) is 1.04. The molecule has 6 nitrogen and oxygen atoms in total. The number of barbiturate groups is 1. The fraction of sp³-hybridized carbons (Fsp3) is 0.278. The molecule has 1 aromatic carbocycles. The molecule has 0 saturated carbocycles. The lowest BCUT2D eigenvalue weighted by Gasteiger charge is -2.33. The zero-order valence-electron chi connectivity index (χ0n) is 13.7. The highest BCUT2D eigenvalue weighted by molar-refractivity contribution is 6.15. The van der Waals surface area contributed by atoms with Crippen LogP contribution in [0.5, 0.6) is 0 Å². The summed E-state index contributed by atoms with van der Waals surface area (Å²) in [5.74, 6) is -1.98. The van der Waals surface area contributed by atoms with Gasteiger partial charge in [0.1, 0.15) is 5.92 Å². The number of urea groups is 1. The van der Waals surface area contributed by atoms with Crippen LogP contribution in [0, 0.1) is 5.92 Å². The van der Waals surface area contributed by atoms with Crippen LogP contribution in [0.3, 0.4) is 0 Å². The summed E-state index contributed by atoms with van der Waals surface area (Å²) in [7, 11) is 2.80.